The zero-order valence-electron chi connectivity index (χ0n) is 27.5. The van der Waals surface area contributed by atoms with Crippen molar-refractivity contribution in [2.45, 2.75) is 85.5 Å². The summed E-state index contributed by atoms with van der Waals surface area (Å²) in [5.41, 5.74) is 1.98. The molecule has 1 saturated heterocycles. The third kappa shape index (κ3) is 8.14. The van der Waals surface area contributed by atoms with E-state index in [0.717, 1.165) is 44.3 Å². The first kappa shape index (κ1) is 34.0. The van der Waals surface area contributed by atoms with Crippen LogP contribution in [0.2, 0.25) is 10.0 Å². The van der Waals surface area contributed by atoms with E-state index >= 15 is 0 Å². The summed E-state index contributed by atoms with van der Waals surface area (Å²) in [6, 6.07) is 12.5. The van der Waals surface area contributed by atoms with Gasteiger partial charge in [-0.3, -0.25) is 14.5 Å². The van der Waals surface area contributed by atoms with Crippen LogP contribution in [-0.2, 0) is 11.3 Å². The van der Waals surface area contributed by atoms with Crippen molar-refractivity contribution in [2.24, 2.45) is 15.8 Å². The van der Waals surface area contributed by atoms with Crippen molar-refractivity contribution in [1.82, 2.24) is 35.7 Å². The van der Waals surface area contributed by atoms with Gasteiger partial charge >= 0.3 is 0 Å². The van der Waals surface area contributed by atoms with Crippen molar-refractivity contribution in [3.05, 3.63) is 75.0 Å². The number of hydrogen-bond donors (Lipinski definition) is 2. The molecule has 1 unspecified atom stereocenters. The number of rotatable bonds is 10. The van der Waals surface area contributed by atoms with Gasteiger partial charge < -0.3 is 10.2 Å². The van der Waals surface area contributed by atoms with E-state index in [2.05, 4.69) is 72.4 Å². The smallest absolute Gasteiger partial charge is 0.275 e. The Hall–Kier alpha value is -3.34. The van der Waals surface area contributed by atoms with Gasteiger partial charge in [-0.1, -0.05) is 82.1 Å². The highest BCUT2D eigenvalue weighted by atomic mass is 35.5. The lowest BCUT2D eigenvalue weighted by molar-refractivity contribution is -0.131. The number of carbonyl (C=O) groups excluding carboxylic acids is 2. The molecule has 10 nitrogen and oxygen atoms in total. The van der Waals surface area contributed by atoms with Gasteiger partial charge in [0.1, 0.15) is 11.4 Å². The number of nitrogens with zero attached hydrogens (tertiary/aromatic N) is 6. The monoisotopic (exact) mass is 666 g/mol. The predicted molar refractivity (Wildman–Crippen MR) is 181 cm³/mol. The Morgan fingerprint density at radius 1 is 1.02 bits per heavy atom. The number of likely N-dealkylation sites (tertiary alicyclic amines) is 1. The van der Waals surface area contributed by atoms with Crippen LogP contribution in [0.5, 0.6) is 0 Å². The van der Waals surface area contributed by atoms with E-state index in [1.54, 1.807) is 30.3 Å². The summed E-state index contributed by atoms with van der Waals surface area (Å²) in [5, 5.41) is 17.4. The molecule has 3 aromatic rings. The van der Waals surface area contributed by atoms with E-state index in [9.17, 15) is 9.59 Å². The number of tetrazole rings is 1. The largest absolute Gasteiger partial charge is 0.345 e. The van der Waals surface area contributed by atoms with Crippen molar-refractivity contribution >= 4 is 40.7 Å². The molecule has 0 bridgehead atoms. The molecule has 246 valence electrons. The highest BCUT2D eigenvalue weighted by molar-refractivity contribution is 6.48. The number of halogens is 2. The van der Waals surface area contributed by atoms with E-state index in [1.165, 1.54) is 0 Å². The fourth-order valence-electron chi connectivity index (χ4n) is 6.14. The highest BCUT2D eigenvalue weighted by Gasteiger charge is 2.54. The second-order valence-corrected chi connectivity index (χ2v) is 15.7. The van der Waals surface area contributed by atoms with Gasteiger partial charge in [-0.25, -0.2) is 4.99 Å². The minimum Gasteiger partial charge on any atom is -0.345 e. The third-order valence-corrected chi connectivity index (χ3v) is 9.08. The molecule has 46 heavy (non-hydrogen) atoms. The molecule has 2 atom stereocenters. The van der Waals surface area contributed by atoms with Crippen molar-refractivity contribution < 1.29 is 9.59 Å². The zero-order chi connectivity index (χ0) is 33.3. The lowest BCUT2D eigenvalue weighted by Gasteiger charge is -2.40. The molecule has 1 spiro atoms. The Morgan fingerprint density at radius 2 is 1.70 bits per heavy atom. The van der Waals surface area contributed by atoms with Crippen LogP contribution in [0.15, 0.2) is 47.5 Å². The van der Waals surface area contributed by atoms with Crippen LogP contribution in [0, 0.1) is 10.8 Å². The lowest BCUT2D eigenvalue weighted by Crippen LogP contribution is -2.50. The van der Waals surface area contributed by atoms with Gasteiger partial charge in [0.25, 0.3) is 11.8 Å². The average molecular weight is 668 g/mol. The summed E-state index contributed by atoms with van der Waals surface area (Å²) in [6.45, 7) is 16.0. The molecule has 12 heteroatoms. The number of aromatic nitrogens is 4. The van der Waals surface area contributed by atoms with Crippen LogP contribution in [0.4, 0.5) is 0 Å². The Balaban J connectivity index is 1.49. The average Bonchev–Trinajstić information content (AvgIpc) is 3.70. The van der Waals surface area contributed by atoms with Crippen molar-refractivity contribution in [3.63, 3.8) is 0 Å². The molecule has 3 heterocycles. The second kappa shape index (κ2) is 13.4. The molecule has 1 fully saturated rings. The standard InChI is InChI=1S/C34H44Cl2N8O2/c1-32(2,3)12-11-27(22-7-9-23(10-8-22)30(45)37-20-28-39-41-42-40-28)44-31(46)29(24-17-25(35)19-26(36)18-24)38-34(44)14-16-43(21-34)15-13-33(4,5)6/h7-10,17-19,27H,11-16,20-21H2,1-6H3,(H,37,45)(H,39,40,41,42)/t27-,34?/m1/s1. The van der Waals surface area contributed by atoms with Gasteiger partial charge in [0.2, 0.25) is 0 Å². The number of aliphatic imine (C=N–C) groups is 1. The normalized spacial score (nSPS) is 19.6. The Labute approximate surface area is 281 Å². The number of aromatic amines is 1. The summed E-state index contributed by atoms with van der Waals surface area (Å²) in [5.74, 6) is 0.0249. The zero-order valence-corrected chi connectivity index (χ0v) is 29.0. The van der Waals surface area contributed by atoms with Crippen LogP contribution in [0.3, 0.4) is 0 Å². The maximum atomic E-state index is 14.6. The summed E-state index contributed by atoms with van der Waals surface area (Å²) in [6.07, 6.45) is 3.39. The molecular formula is C34H44Cl2N8O2. The van der Waals surface area contributed by atoms with Gasteiger partial charge in [0, 0.05) is 40.7 Å². The summed E-state index contributed by atoms with van der Waals surface area (Å²) >= 11 is 12.8. The molecule has 2 aromatic carbocycles. The van der Waals surface area contributed by atoms with Gasteiger partial charge in [0.05, 0.1) is 12.6 Å². The molecule has 5 rings (SSSR count). The maximum absolute atomic E-state index is 14.6. The van der Waals surface area contributed by atoms with Gasteiger partial charge in [0.15, 0.2) is 5.82 Å². The molecule has 0 saturated carbocycles. The summed E-state index contributed by atoms with van der Waals surface area (Å²) in [4.78, 5) is 37.3. The molecule has 0 aliphatic carbocycles. The van der Waals surface area contributed by atoms with E-state index in [1.807, 2.05) is 17.0 Å². The van der Waals surface area contributed by atoms with E-state index < -0.39 is 5.66 Å². The first-order valence-corrected chi connectivity index (χ1v) is 16.6. The molecule has 2 aliphatic heterocycles. The predicted octanol–water partition coefficient (Wildman–Crippen LogP) is 6.47. The van der Waals surface area contributed by atoms with Crippen LogP contribution in [0.25, 0.3) is 0 Å². The summed E-state index contributed by atoms with van der Waals surface area (Å²) < 4.78 is 0. The van der Waals surface area contributed by atoms with Gasteiger partial charge in [-0.2, -0.15) is 5.21 Å². The quantitative estimate of drug-likeness (QED) is 0.256. The van der Waals surface area contributed by atoms with E-state index in [0.29, 0.717) is 39.3 Å². The lowest BCUT2D eigenvalue weighted by atomic mass is 9.85. The number of hydrogen-bond acceptors (Lipinski definition) is 7. The van der Waals surface area contributed by atoms with Crippen LogP contribution in [-0.4, -0.2) is 73.2 Å². The van der Waals surface area contributed by atoms with Crippen molar-refractivity contribution in [2.75, 3.05) is 19.6 Å². The third-order valence-electron chi connectivity index (χ3n) is 8.64. The number of benzene rings is 2. The number of amides is 2. The Morgan fingerprint density at radius 3 is 2.30 bits per heavy atom. The van der Waals surface area contributed by atoms with Crippen LogP contribution < -0.4 is 5.32 Å². The Kier molecular flexibility index (Phi) is 9.92. The molecular weight excluding hydrogens is 623 g/mol. The molecule has 2 aliphatic rings. The first-order chi connectivity index (χ1) is 21.6. The van der Waals surface area contributed by atoms with Crippen molar-refractivity contribution in [3.8, 4) is 0 Å². The Bertz CT molecular complexity index is 1560. The fourth-order valence-corrected chi connectivity index (χ4v) is 6.66. The molecule has 1 aromatic heterocycles. The van der Waals surface area contributed by atoms with Gasteiger partial charge in [-0.15, -0.1) is 10.2 Å². The minimum atomic E-state index is -0.734. The molecule has 2 amide bonds. The van der Waals surface area contributed by atoms with Crippen LogP contribution in [0.1, 0.15) is 101 Å². The number of H-pyrrole nitrogens is 1. The van der Waals surface area contributed by atoms with E-state index in [4.69, 9.17) is 28.2 Å². The second-order valence-electron chi connectivity index (χ2n) is 14.9. The SMILES string of the molecule is CC(C)(C)CC[C@H](c1ccc(C(=O)NCc2nn[nH]n2)cc1)N1C(=O)C(c2cc(Cl)cc(Cl)c2)=NC12CCN(CCC(C)(C)C)C2. The van der Waals surface area contributed by atoms with Gasteiger partial charge in [-0.05, 0) is 72.5 Å². The number of nitrogens with one attached hydrogen (secondary N) is 2. The highest BCUT2D eigenvalue weighted by Crippen LogP contribution is 2.44. The number of carbonyl (C=O) groups is 2. The van der Waals surface area contributed by atoms with E-state index in [-0.39, 0.29) is 35.2 Å². The van der Waals surface area contributed by atoms with Crippen LogP contribution >= 0.6 is 23.2 Å². The fraction of sp³-hybridized carbons (Fsp3) is 0.529. The topological polar surface area (TPSA) is 119 Å². The first-order valence-electron chi connectivity index (χ1n) is 15.9. The summed E-state index contributed by atoms with van der Waals surface area (Å²) in [7, 11) is 0. The maximum Gasteiger partial charge on any atom is 0.275 e. The molecule has 2 N–H and O–H groups in total. The minimum absolute atomic E-state index is 0.0434. The van der Waals surface area contributed by atoms with Crippen molar-refractivity contribution in [1.29, 1.82) is 0 Å². The molecule has 0 radical (unpaired) electrons.